The lowest BCUT2D eigenvalue weighted by Gasteiger charge is -2.33. The molecule has 0 aromatic heterocycles. The Balaban J connectivity index is 2.05. The molecule has 1 aliphatic rings. The maximum Gasteiger partial charge on any atom is 0.311 e. The number of hydrogen-bond donors (Lipinski definition) is 2. The molecule has 1 fully saturated rings. The summed E-state index contributed by atoms with van der Waals surface area (Å²) in [5.74, 6) is -2.19. The lowest BCUT2D eigenvalue weighted by Crippen LogP contribution is -2.46. The van der Waals surface area contributed by atoms with Crippen molar-refractivity contribution < 1.29 is 23.8 Å². The van der Waals surface area contributed by atoms with Crippen LogP contribution in [0.3, 0.4) is 0 Å². The number of halogens is 2. The molecular formula is C14H15ClFNO4. The van der Waals surface area contributed by atoms with Crippen molar-refractivity contribution in [2.24, 2.45) is 5.41 Å². The van der Waals surface area contributed by atoms with Crippen LogP contribution in [0.2, 0.25) is 5.02 Å². The Morgan fingerprint density at radius 1 is 1.38 bits per heavy atom. The first kappa shape index (κ1) is 15.7. The summed E-state index contributed by atoms with van der Waals surface area (Å²) in [6.45, 7) is 0.671. The molecule has 1 saturated heterocycles. The van der Waals surface area contributed by atoms with Crippen molar-refractivity contribution in [3.63, 3.8) is 0 Å². The Bertz CT molecular complexity index is 558. The first-order chi connectivity index (χ1) is 9.94. The van der Waals surface area contributed by atoms with Gasteiger partial charge in [0, 0.05) is 25.3 Å². The standard InChI is InChI=1S/C14H15ClFNO4/c15-10-2-1-9(7-11(10)16)12(18)17-8-14(13(19)20)3-5-21-6-4-14/h1-2,7H,3-6,8H2,(H,17,18)(H,19,20). The maximum atomic E-state index is 13.3. The molecule has 1 aromatic carbocycles. The largest absolute Gasteiger partial charge is 0.481 e. The van der Waals surface area contributed by atoms with E-state index in [4.69, 9.17) is 16.3 Å². The maximum absolute atomic E-state index is 13.3. The average molecular weight is 316 g/mol. The third kappa shape index (κ3) is 3.51. The Morgan fingerprint density at radius 2 is 2.05 bits per heavy atom. The summed E-state index contributed by atoms with van der Waals surface area (Å²) in [5, 5.41) is 11.8. The molecule has 0 bridgehead atoms. The van der Waals surface area contributed by atoms with Gasteiger partial charge in [0.15, 0.2) is 0 Å². The van der Waals surface area contributed by atoms with Crippen molar-refractivity contribution >= 4 is 23.5 Å². The van der Waals surface area contributed by atoms with Gasteiger partial charge in [0.1, 0.15) is 5.82 Å². The highest BCUT2D eigenvalue weighted by atomic mass is 35.5. The summed E-state index contributed by atoms with van der Waals surface area (Å²) in [4.78, 5) is 23.4. The Morgan fingerprint density at radius 3 is 2.62 bits per heavy atom. The zero-order valence-corrected chi connectivity index (χ0v) is 12.0. The van der Waals surface area contributed by atoms with E-state index in [0.717, 1.165) is 6.07 Å². The second kappa shape index (κ2) is 6.41. The van der Waals surface area contributed by atoms with Gasteiger partial charge in [0.2, 0.25) is 0 Å². The third-order valence-corrected chi connectivity index (χ3v) is 3.98. The van der Waals surface area contributed by atoms with Crippen LogP contribution in [0.1, 0.15) is 23.2 Å². The number of aliphatic carboxylic acids is 1. The first-order valence-electron chi connectivity index (χ1n) is 6.49. The van der Waals surface area contributed by atoms with Crippen LogP contribution in [0, 0.1) is 11.2 Å². The number of ether oxygens (including phenoxy) is 1. The van der Waals surface area contributed by atoms with E-state index < -0.39 is 23.1 Å². The minimum absolute atomic E-state index is 0.0191. The van der Waals surface area contributed by atoms with E-state index in [9.17, 15) is 19.1 Å². The average Bonchev–Trinajstić information content (AvgIpc) is 2.48. The minimum atomic E-state index is -1.03. The Hall–Kier alpha value is -1.66. The number of hydrogen-bond acceptors (Lipinski definition) is 3. The molecule has 0 unspecified atom stereocenters. The van der Waals surface area contributed by atoms with Crippen molar-refractivity contribution in [2.45, 2.75) is 12.8 Å². The van der Waals surface area contributed by atoms with Gasteiger partial charge in [-0.1, -0.05) is 11.6 Å². The number of benzene rings is 1. The van der Waals surface area contributed by atoms with Gasteiger partial charge < -0.3 is 15.2 Å². The molecule has 2 rings (SSSR count). The molecule has 1 heterocycles. The van der Waals surface area contributed by atoms with E-state index >= 15 is 0 Å². The molecular weight excluding hydrogens is 301 g/mol. The van der Waals surface area contributed by atoms with Gasteiger partial charge in [-0.25, -0.2) is 4.39 Å². The van der Waals surface area contributed by atoms with Crippen LogP contribution in [0.5, 0.6) is 0 Å². The molecule has 0 saturated carbocycles. The van der Waals surface area contributed by atoms with Crippen molar-refractivity contribution in [3.8, 4) is 0 Å². The number of carboxylic acids is 1. The third-order valence-electron chi connectivity index (χ3n) is 3.67. The molecule has 1 amide bonds. The van der Waals surface area contributed by atoms with E-state index in [0.29, 0.717) is 26.1 Å². The second-order valence-corrected chi connectivity index (χ2v) is 5.42. The summed E-state index contributed by atoms with van der Waals surface area (Å²) < 4.78 is 18.5. The smallest absolute Gasteiger partial charge is 0.311 e. The van der Waals surface area contributed by atoms with Crippen molar-refractivity contribution in [1.29, 1.82) is 0 Å². The fraction of sp³-hybridized carbons (Fsp3) is 0.429. The number of amides is 1. The van der Waals surface area contributed by atoms with Gasteiger partial charge >= 0.3 is 5.97 Å². The molecule has 21 heavy (non-hydrogen) atoms. The highest BCUT2D eigenvalue weighted by molar-refractivity contribution is 6.30. The van der Waals surface area contributed by atoms with Crippen LogP contribution >= 0.6 is 11.6 Å². The molecule has 2 N–H and O–H groups in total. The highest BCUT2D eigenvalue weighted by Gasteiger charge is 2.40. The van der Waals surface area contributed by atoms with Crippen LogP contribution in [0.25, 0.3) is 0 Å². The molecule has 7 heteroatoms. The predicted octanol–water partition coefficient (Wildman–Crippen LogP) is 2.09. The van der Waals surface area contributed by atoms with Gasteiger partial charge in [0.25, 0.3) is 5.91 Å². The fourth-order valence-electron chi connectivity index (χ4n) is 2.22. The van der Waals surface area contributed by atoms with Crippen LogP contribution in [0.15, 0.2) is 18.2 Å². The van der Waals surface area contributed by atoms with Gasteiger partial charge in [0.05, 0.1) is 10.4 Å². The molecule has 0 radical (unpaired) electrons. The van der Waals surface area contributed by atoms with E-state index in [2.05, 4.69) is 5.32 Å². The summed E-state index contributed by atoms with van der Waals surface area (Å²) in [6.07, 6.45) is 0.662. The minimum Gasteiger partial charge on any atom is -0.481 e. The molecule has 0 atom stereocenters. The van der Waals surface area contributed by atoms with Crippen molar-refractivity contribution in [3.05, 3.63) is 34.6 Å². The second-order valence-electron chi connectivity index (χ2n) is 5.01. The Kier molecular flexibility index (Phi) is 4.80. The van der Waals surface area contributed by atoms with Gasteiger partial charge in [-0.3, -0.25) is 9.59 Å². The Labute approximate surface area is 126 Å². The number of nitrogens with one attached hydrogen (secondary N) is 1. The van der Waals surface area contributed by atoms with Crippen molar-refractivity contribution in [2.75, 3.05) is 19.8 Å². The summed E-state index contributed by atoms with van der Waals surface area (Å²) in [6, 6.07) is 3.69. The first-order valence-corrected chi connectivity index (χ1v) is 6.87. The topological polar surface area (TPSA) is 75.6 Å². The summed E-state index contributed by atoms with van der Waals surface area (Å²) in [7, 11) is 0. The molecule has 5 nitrogen and oxygen atoms in total. The van der Waals surface area contributed by atoms with Crippen LogP contribution in [-0.4, -0.2) is 36.7 Å². The van der Waals surface area contributed by atoms with Gasteiger partial charge in [-0.05, 0) is 31.0 Å². The van der Waals surface area contributed by atoms with Crippen molar-refractivity contribution in [1.82, 2.24) is 5.32 Å². The van der Waals surface area contributed by atoms with Crippen LogP contribution in [-0.2, 0) is 9.53 Å². The van der Waals surface area contributed by atoms with E-state index in [1.165, 1.54) is 12.1 Å². The lowest BCUT2D eigenvalue weighted by molar-refractivity contribution is -0.154. The zero-order valence-electron chi connectivity index (χ0n) is 11.2. The van der Waals surface area contributed by atoms with Crippen LogP contribution < -0.4 is 5.32 Å². The van der Waals surface area contributed by atoms with Gasteiger partial charge in [-0.2, -0.15) is 0 Å². The monoisotopic (exact) mass is 315 g/mol. The number of carbonyl (C=O) groups is 2. The lowest BCUT2D eigenvalue weighted by atomic mass is 9.80. The SMILES string of the molecule is O=C(NCC1(C(=O)O)CCOCC1)c1ccc(Cl)c(F)c1. The fourth-order valence-corrected chi connectivity index (χ4v) is 2.33. The molecule has 0 spiro atoms. The summed E-state index contributed by atoms with van der Waals surface area (Å²) >= 11 is 5.55. The van der Waals surface area contributed by atoms with Gasteiger partial charge in [-0.15, -0.1) is 0 Å². The number of carbonyl (C=O) groups excluding carboxylic acids is 1. The summed E-state index contributed by atoms with van der Waals surface area (Å²) in [5.41, 5.74) is -0.928. The van der Waals surface area contributed by atoms with E-state index in [1.54, 1.807) is 0 Å². The van der Waals surface area contributed by atoms with Crippen LogP contribution in [0.4, 0.5) is 4.39 Å². The zero-order chi connectivity index (χ0) is 15.5. The highest BCUT2D eigenvalue weighted by Crippen LogP contribution is 2.30. The number of carboxylic acid groups (broad SMARTS) is 1. The van der Waals surface area contributed by atoms with E-state index in [1.807, 2.05) is 0 Å². The normalized spacial score (nSPS) is 17.2. The number of rotatable bonds is 4. The quantitative estimate of drug-likeness (QED) is 0.892. The molecule has 1 aromatic rings. The predicted molar refractivity (Wildman–Crippen MR) is 73.9 cm³/mol. The van der Waals surface area contributed by atoms with E-state index in [-0.39, 0.29) is 17.1 Å². The molecule has 1 aliphatic heterocycles. The molecule has 0 aliphatic carbocycles. The molecule has 114 valence electrons.